The molecule has 0 aliphatic heterocycles. The second kappa shape index (κ2) is 7.31. The Morgan fingerprint density at radius 1 is 1.12 bits per heavy atom. The number of anilines is 1. The number of aromatic amines is 1. The molecular formula is C18H18N4OS. The summed E-state index contributed by atoms with van der Waals surface area (Å²) in [5, 5.41) is 10.5. The molecule has 3 rings (SSSR count). The van der Waals surface area contributed by atoms with E-state index in [9.17, 15) is 4.79 Å². The molecule has 6 heteroatoms. The first kappa shape index (κ1) is 16.3. The van der Waals surface area contributed by atoms with Crippen molar-refractivity contribution in [2.24, 2.45) is 0 Å². The van der Waals surface area contributed by atoms with Crippen LogP contribution in [0.15, 0.2) is 53.7 Å². The molecule has 0 aliphatic carbocycles. The number of nitrogens with one attached hydrogen (secondary N) is 2. The van der Waals surface area contributed by atoms with Crippen molar-refractivity contribution in [1.29, 1.82) is 0 Å². The molecule has 2 N–H and O–H groups in total. The topological polar surface area (TPSA) is 70.7 Å². The van der Waals surface area contributed by atoms with E-state index < -0.39 is 0 Å². The van der Waals surface area contributed by atoms with Crippen molar-refractivity contribution in [2.45, 2.75) is 19.0 Å². The van der Waals surface area contributed by atoms with Gasteiger partial charge in [0, 0.05) is 11.3 Å². The summed E-state index contributed by atoms with van der Waals surface area (Å²) in [7, 11) is 0. The molecule has 2 aromatic carbocycles. The lowest BCUT2D eigenvalue weighted by Gasteiger charge is -2.04. The minimum atomic E-state index is -0.0766. The number of hydrogen-bond donors (Lipinski definition) is 2. The van der Waals surface area contributed by atoms with Crippen LogP contribution < -0.4 is 5.32 Å². The second-order valence-corrected chi connectivity index (χ2v) is 6.48. The fourth-order valence-corrected chi connectivity index (χ4v) is 2.80. The Hall–Kier alpha value is -2.60. The summed E-state index contributed by atoms with van der Waals surface area (Å²) in [5.74, 6) is 0.892. The van der Waals surface area contributed by atoms with Crippen LogP contribution in [0, 0.1) is 13.8 Å². The van der Waals surface area contributed by atoms with Gasteiger partial charge in [-0.1, -0.05) is 53.7 Å². The van der Waals surface area contributed by atoms with Gasteiger partial charge in [-0.2, -0.15) is 0 Å². The molecule has 0 atom stereocenters. The van der Waals surface area contributed by atoms with Crippen LogP contribution >= 0.6 is 11.8 Å². The third-order valence-corrected chi connectivity index (χ3v) is 4.27. The highest BCUT2D eigenvalue weighted by molar-refractivity contribution is 7.99. The summed E-state index contributed by atoms with van der Waals surface area (Å²) in [5.41, 5.74) is 4.08. The van der Waals surface area contributed by atoms with Crippen molar-refractivity contribution >= 4 is 23.4 Å². The Morgan fingerprint density at radius 2 is 1.92 bits per heavy atom. The van der Waals surface area contributed by atoms with Gasteiger partial charge in [-0.25, -0.2) is 4.98 Å². The average molecular weight is 338 g/mol. The number of aromatic nitrogens is 3. The van der Waals surface area contributed by atoms with Crippen LogP contribution in [0.4, 0.5) is 5.69 Å². The number of thioether (sulfide) groups is 1. The number of H-pyrrole nitrogens is 1. The zero-order valence-corrected chi connectivity index (χ0v) is 14.4. The molecule has 0 spiro atoms. The number of carbonyl (C=O) groups excluding carboxylic acids is 1. The normalized spacial score (nSPS) is 10.6. The number of amides is 1. The predicted molar refractivity (Wildman–Crippen MR) is 97.1 cm³/mol. The summed E-state index contributed by atoms with van der Waals surface area (Å²) in [4.78, 5) is 16.4. The van der Waals surface area contributed by atoms with E-state index in [1.807, 2.05) is 62.4 Å². The summed E-state index contributed by atoms with van der Waals surface area (Å²) in [6, 6.07) is 15.8. The van der Waals surface area contributed by atoms with Gasteiger partial charge in [-0.15, -0.1) is 5.10 Å². The van der Waals surface area contributed by atoms with Crippen LogP contribution in [0.25, 0.3) is 11.4 Å². The minimum Gasteiger partial charge on any atom is -0.325 e. The fourth-order valence-electron chi connectivity index (χ4n) is 2.20. The van der Waals surface area contributed by atoms with Crippen molar-refractivity contribution in [3.8, 4) is 11.4 Å². The Kier molecular flexibility index (Phi) is 4.96. The van der Waals surface area contributed by atoms with E-state index >= 15 is 0 Å². The molecule has 0 saturated heterocycles. The first-order valence-electron chi connectivity index (χ1n) is 7.59. The summed E-state index contributed by atoms with van der Waals surface area (Å²) < 4.78 is 0. The Morgan fingerprint density at radius 3 is 2.67 bits per heavy atom. The molecule has 0 aliphatic rings. The van der Waals surface area contributed by atoms with Crippen LogP contribution in [0.2, 0.25) is 0 Å². The minimum absolute atomic E-state index is 0.0766. The lowest BCUT2D eigenvalue weighted by Crippen LogP contribution is -2.14. The average Bonchev–Trinajstić information content (AvgIpc) is 3.03. The molecule has 0 bridgehead atoms. The molecule has 1 heterocycles. The van der Waals surface area contributed by atoms with Gasteiger partial charge in [-0.05, 0) is 31.5 Å². The summed E-state index contributed by atoms with van der Waals surface area (Å²) in [6.07, 6.45) is 0. The maximum absolute atomic E-state index is 12.0. The number of hydrogen-bond acceptors (Lipinski definition) is 4. The van der Waals surface area contributed by atoms with Crippen molar-refractivity contribution in [1.82, 2.24) is 15.2 Å². The molecule has 5 nitrogen and oxygen atoms in total. The van der Waals surface area contributed by atoms with Crippen LogP contribution in [0.5, 0.6) is 0 Å². The lowest BCUT2D eigenvalue weighted by atomic mass is 10.1. The van der Waals surface area contributed by atoms with Gasteiger partial charge in [-0.3, -0.25) is 9.89 Å². The number of carbonyl (C=O) groups is 1. The van der Waals surface area contributed by atoms with E-state index in [1.54, 1.807) is 0 Å². The molecule has 0 radical (unpaired) electrons. The maximum atomic E-state index is 12.0. The van der Waals surface area contributed by atoms with E-state index in [4.69, 9.17) is 0 Å². The van der Waals surface area contributed by atoms with Gasteiger partial charge in [0.1, 0.15) is 0 Å². The Bertz CT molecular complexity index is 842. The molecule has 0 saturated carbocycles. The second-order valence-electron chi connectivity index (χ2n) is 5.54. The molecule has 1 aromatic heterocycles. The first-order chi connectivity index (χ1) is 11.6. The third-order valence-electron chi connectivity index (χ3n) is 3.42. The van der Waals surface area contributed by atoms with Gasteiger partial charge < -0.3 is 5.32 Å². The SMILES string of the molecule is Cc1ccc(-c2nc(SCC(=O)Nc3cccc(C)c3)n[nH]2)cc1. The molecule has 24 heavy (non-hydrogen) atoms. The monoisotopic (exact) mass is 338 g/mol. The zero-order chi connectivity index (χ0) is 16.9. The van der Waals surface area contributed by atoms with Gasteiger partial charge >= 0.3 is 0 Å². The summed E-state index contributed by atoms with van der Waals surface area (Å²) in [6.45, 7) is 4.03. The van der Waals surface area contributed by atoms with Crippen LogP contribution in [-0.2, 0) is 4.79 Å². The standard InChI is InChI=1S/C18H18N4OS/c1-12-6-8-14(9-7-12)17-20-18(22-21-17)24-11-16(23)19-15-5-3-4-13(2)10-15/h3-10H,11H2,1-2H3,(H,19,23)(H,20,21,22). The third kappa shape index (κ3) is 4.23. The van der Waals surface area contributed by atoms with Crippen molar-refractivity contribution in [2.75, 3.05) is 11.1 Å². The Balaban J connectivity index is 1.57. The number of aryl methyl sites for hydroxylation is 2. The fraction of sp³-hybridized carbons (Fsp3) is 0.167. The molecule has 1 amide bonds. The molecule has 122 valence electrons. The largest absolute Gasteiger partial charge is 0.325 e. The predicted octanol–water partition coefficient (Wildman–Crippen LogP) is 3.82. The van der Waals surface area contributed by atoms with Crippen LogP contribution in [-0.4, -0.2) is 26.8 Å². The molecule has 3 aromatic rings. The van der Waals surface area contributed by atoms with Gasteiger partial charge in [0.15, 0.2) is 5.82 Å². The van der Waals surface area contributed by atoms with Crippen LogP contribution in [0.3, 0.4) is 0 Å². The van der Waals surface area contributed by atoms with Gasteiger partial charge in [0.05, 0.1) is 5.75 Å². The number of nitrogens with zero attached hydrogens (tertiary/aromatic N) is 2. The van der Waals surface area contributed by atoms with Gasteiger partial charge in [0.25, 0.3) is 0 Å². The summed E-state index contributed by atoms with van der Waals surface area (Å²) >= 11 is 1.31. The Labute approximate surface area is 144 Å². The zero-order valence-electron chi connectivity index (χ0n) is 13.5. The number of benzene rings is 2. The van der Waals surface area contributed by atoms with Crippen LogP contribution in [0.1, 0.15) is 11.1 Å². The van der Waals surface area contributed by atoms with E-state index in [-0.39, 0.29) is 11.7 Å². The van der Waals surface area contributed by atoms with Gasteiger partial charge in [0.2, 0.25) is 11.1 Å². The molecule has 0 fully saturated rings. The highest BCUT2D eigenvalue weighted by Gasteiger charge is 2.09. The van der Waals surface area contributed by atoms with Crippen molar-refractivity contribution in [3.63, 3.8) is 0 Å². The smallest absolute Gasteiger partial charge is 0.234 e. The molecular weight excluding hydrogens is 320 g/mol. The van der Waals surface area contributed by atoms with E-state index in [1.165, 1.54) is 17.3 Å². The first-order valence-corrected chi connectivity index (χ1v) is 8.57. The maximum Gasteiger partial charge on any atom is 0.234 e. The van der Waals surface area contributed by atoms with E-state index in [2.05, 4.69) is 20.5 Å². The van der Waals surface area contributed by atoms with Crippen molar-refractivity contribution in [3.05, 3.63) is 59.7 Å². The van der Waals surface area contributed by atoms with Crippen molar-refractivity contribution < 1.29 is 4.79 Å². The quantitative estimate of drug-likeness (QED) is 0.694. The number of rotatable bonds is 5. The lowest BCUT2D eigenvalue weighted by molar-refractivity contribution is -0.113. The van der Waals surface area contributed by atoms with E-state index in [0.717, 1.165) is 16.8 Å². The van der Waals surface area contributed by atoms with E-state index in [0.29, 0.717) is 11.0 Å². The highest BCUT2D eigenvalue weighted by Crippen LogP contribution is 2.20. The molecule has 0 unspecified atom stereocenters. The highest BCUT2D eigenvalue weighted by atomic mass is 32.2.